The molecule has 0 spiro atoms. The predicted molar refractivity (Wildman–Crippen MR) is 54.4 cm³/mol. The van der Waals surface area contributed by atoms with Crippen molar-refractivity contribution in [2.45, 2.75) is 32.7 Å². The van der Waals surface area contributed by atoms with Crippen molar-refractivity contribution in [1.29, 1.82) is 0 Å². The molecule has 0 aliphatic carbocycles. The molecule has 1 heterocycles. The number of amides is 1. The fraction of sp³-hybridized carbons (Fsp3) is 0.800. The summed E-state index contributed by atoms with van der Waals surface area (Å²) >= 11 is 0. The second-order valence-electron chi connectivity index (χ2n) is 4.64. The Balaban J connectivity index is 2.82. The van der Waals surface area contributed by atoms with Crippen LogP contribution in [0.15, 0.2) is 0 Å². The number of hydrazine groups is 1. The minimum absolute atomic E-state index is 0.182. The molecular formula is C10H18N2O3. The normalized spacial score (nSPS) is 26.6. The van der Waals surface area contributed by atoms with Gasteiger partial charge in [-0.15, -0.1) is 0 Å². The van der Waals surface area contributed by atoms with E-state index in [1.807, 2.05) is 13.8 Å². The zero-order chi connectivity index (χ0) is 11.8. The minimum Gasteiger partial charge on any atom is -0.469 e. The van der Waals surface area contributed by atoms with Crippen molar-refractivity contribution < 1.29 is 14.3 Å². The lowest BCUT2D eigenvalue weighted by molar-refractivity contribution is -0.150. The van der Waals surface area contributed by atoms with Crippen molar-refractivity contribution in [2.24, 2.45) is 17.7 Å². The molecule has 1 aliphatic rings. The summed E-state index contributed by atoms with van der Waals surface area (Å²) in [6.45, 7) is 5.47. The fourth-order valence-corrected chi connectivity index (χ4v) is 1.94. The maximum absolute atomic E-state index is 11.8. The van der Waals surface area contributed by atoms with Gasteiger partial charge in [0.05, 0.1) is 24.5 Å². The summed E-state index contributed by atoms with van der Waals surface area (Å²) in [5, 5.41) is 1.22. The van der Waals surface area contributed by atoms with Crippen LogP contribution in [0.2, 0.25) is 0 Å². The van der Waals surface area contributed by atoms with Gasteiger partial charge >= 0.3 is 5.97 Å². The molecule has 2 atom stereocenters. The molecule has 2 unspecified atom stereocenters. The van der Waals surface area contributed by atoms with E-state index < -0.39 is 5.92 Å². The lowest BCUT2D eigenvalue weighted by Gasteiger charge is -2.26. The van der Waals surface area contributed by atoms with E-state index >= 15 is 0 Å². The summed E-state index contributed by atoms with van der Waals surface area (Å²) in [6.07, 6.45) is 0.582. The van der Waals surface area contributed by atoms with Crippen LogP contribution in [-0.4, -0.2) is 29.5 Å². The van der Waals surface area contributed by atoms with Gasteiger partial charge in [0, 0.05) is 0 Å². The van der Waals surface area contributed by atoms with Gasteiger partial charge in [0.25, 0.3) is 0 Å². The Morgan fingerprint density at radius 2 is 2.20 bits per heavy atom. The van der Waals surface area contributed by atoms with Gasteiger partial charge in [-0.3, -0.25) is 14.6 Å². The van der Waals surface area contributed by atoms with Gasteiger partial charge in [0.2, 0.25) is 5.91 Å². The van der Waals surface area contributed by atoms with Crippen molar-refractivity contribution in [3.05, 3.63) is 0 Å². The van der Waals surface area contributed by atoms with E-state index in [9.17, 15) is 9.59 Å². The topological polar surface area (TPSA) is 72.6 Å². The lowest BCUT2D eigenvalue weighted by Crippen LogP contribution is -2.46. The summed E-state index contributed by atoms with van der Waals surface area (Å²) in [4.78, 5) is 23.1. The number of carbonyl (C=O) groups is 2. The van der Waals surface area contributed by atoms with E-state index in [1.165, 1.54) is 12.1 Å². The highest BCUT2D eigenvalue weighted by atomic mass is 16.5. The molecule has 0 radical (unpaired) electrons. The van der Waals surface area contributed by atoms with Gasteiger partial charge in [-0.05, 0) is 20.3 Å². The Morgan fingerprint density at radius 3 is 2.53 bits per heavy atom. The molecule has 1 aliphatic heterocycles. The molecule has 2 N–H and O–H groups in total. The highest BCUT2D eigenvalue weighted by molar-refractivity contribution is 5.87. The average molecular weight is 214 g/mol. The van der Waals surface area contributed by atoms with E-state index in [0.717, 1.165) is 0 Å². The molecule has 5 heteroatoms. The summed E-state index contributed by atoms with van der Waals surface area (Å²) in [7, 11) is 1.32. The molecule has 0 aromatic rings. The zero-order valence-corrected chi connectivity index (χ0v) is 9.61. The van der Waals surface area contributed by atoms with Crippen molar-refractivity contribution in [3.63, 3.8) is 0 Å². The number of nitrogens with zero attached hydrogens (tertiary/aromatic N) is 1. The van der Waals surface area contributed by atoms with Crippen molar-refractivity contribution in [2.75, 3.05) is 7.11 Å². The van der Waals surface area contributed by atoms with Crippen molar-refractivity contribution >= 4 is 11.9 Å². The third-order valence-electron chi connectivity index (χ3n) is 3.10. The molecule has 1 rings (SSSR count). The number of carbonyl (C=O) groups excluding carboxylic acids is 2. The fourth-order valence-electron chi connectivity index (χ4n) is 1.94. The van der Waals surface area contributed by atoms with E-state index in [1.54, 1.807) is 6.92 Å². The second-order valence-corrected chi connectivity index (χ2v) is 4.64. The highest BCUT2D eigenvalue weighted by Crippen LogP contribution is 2.35. The van der Waals surface area contributed by atoms with Gasteiger partial charge < -0.3 is 4.74 Å². The molecular weight excluding hydrogens is 196 g/mol. The maximum atomic E-state index is 11.8. The van der Waals surface area contributed by atoms with Crippen LogP contribution < -0.4 is 5.84 Å². The lowest BCUT2D eigenvalue weighted by atomic mass is 9.87. The molecule has 0 bridgehead atoms. The molecule has 0 aromatic heterocycles. The predicted octanol–water partition coefficient (Wildman–Crippen LogP) is 0.296. The van der Waals surface area contributed by atoms with E-state index in [0.29, 0.717) is 6.42 Å². The zero-order valence-electron chi connectivity index (χ0n) is 9.61. The quantitative estimate of drug-likeness (QED) is 0.407. The van der Waals surface area contributed by atoms with Crippen LogP contribution in [0.25, 0.3) is 0 Å². The molecule has 0 aromatic carbocycles. The monoisotopic (exact) mass is 214 g/mol. The summed E-state index contributed by atoms with van der Waals surface area (Å²) < 4.78 is 4.63. The molecule has 0 saturated carbocycles. The van der Waals surface area contributed by atoms with Crippen LogP contribution in [0, 0.1) is 11.8 Å². The van der Waals surface area contributed by atoms with E-state index in [4.69, 9.17) is 5.84 Å². The van der Waals surface area contributed by atoms with Crippen LogP contribution in [-0.2, 0) is 14.3 Å². The molecule has 1 saturated heterocycles. The first-order chi connectivity index (χ1) is 6.81. The standard InChI is InChI=1S/C10H18N2O3/c1-6(9(14)15-4)7-5-10(2,3)12(11)8(7)13/h6-7H,5,11H2,1-4H3. The van der Waals surface area contributed by atoms with Crippen LogP contribution in [0.3, 0.4) is 0 Å². The first-order valence-electron chi connectivity index (χ1n) is 4.98. The largest absolute Gasteiger partial charge is 0.469 e. The Morgan fingerprint density at radius 1 is 1.67 bits per heavy atom. The van der Waals surface area contributed by atoms with Gasteiger partial charge in [0.15, 0.2) is 0 Å². The Kier molecular flexibility index (Phi) is 3.04. The van der Waals surface area contributed by atoms with Crippen LogP contribution >= 0.6 is 0 Å². The first kappa shape index (κ1) is 12.0. The Hall–Kier alpha value is -1.10. The number of nitrogens with two attached hydrogens (primary N) is 1. The maximum Gasteiger partial charge on any atom is 0.309 e. The minimum atomic E-state index is -0.435. The molecule has 86 valence electrons. The Labute approximate surface area is 89.5 Å². The number of ether oxygens (including phenoxy) is 1. The van der Waals surface area contributed by atoms with Crippen LogP contribution in [0.1, 0.15) is 27.2 Å². The van der Waals surface area contributed by atoms with Gasteiger partial charge in [-0.1, -0.05) is 6.92 Å². The van der Waals surface area contributed by atoms with Crippen LogP contribution in [0.4, 0.5) is 0 Å². The number of rotatable bonds is 2. The van der Waals surface area contributed by atoms with Gasteiger partial charge in [-0.25, -0.2) is 5.84 Å². The summed E-state index contributed by atoms with van der Waals surface area (Å²) in [5.74, 6) is 4.32. The summed E-state index contributed by atoms with van der Waals surface area (Å²) in [6, 6.07) is 0. The average Bonchev–Trinajstić information content (AvgIpc) is 2.40. The molecule has 1 amide bonds. The number of esters is 1. The third kappa shape index (κ3) is 1.97. The van der Waals surface area contributed by atoms with Crippen molar-refractivity contribution in [1.82, 2.24) is 5.01 Å². The molecule has 1 fully saturated rings. The van der Waals surface area contributed by atoms with Gasteiger partial charge in [0.1, 0.15) is 0 Å². The van der Waals surface area contributed by atoms with E-state index in [-0.39, 0.29) is 23.3 Å². The third-order valence-corrected chi connectivity index (χ3v) is 3.10. The smallest absolute Gasteiger partial charge is 0.309 e. The second kappa shape index (κ2) is 3.81. The van der Waals surface area contributed by atoms with E-state index in [2.05, 4.69) is 4.74 Å². The molecule has 5 nitrogen and oxygen atoms in total. The number of hydrogen-bond donors (Lipinski definition) is 1. The Bertz CT molecular complexity index is 288. The SMILES string of the molecule is COC(=O)C(C)C1CC(C)(C)N(N)C1=O. The first-order valence-corrected chi connectivity index (χ1v) is 4.98. The molecule has 15 heavy (non-hydrogen) atoms. The summed E-state index contributed by atoms with van der Waals surface area (Å²) in [5.41, 5.74) is -0.385. The number of hydrogen-bond acceptors (Lipinski definition) is 4. The number of methoxy groups -OCH3 is 1. The van der Waals surface area contributed by atoms with Crippen molar-refractivity contribution in [3.8, 4) is 0 Å². The highest BCUT2D eigenvalue weighted by Gasteiger charge is 2.47. The van der Waals surface area contributed by atoms with Gasteiger partial charge in [-0.2, -0.15) is 0 Å². The van der Waals surface area contributed by atoms with Crippen LogP contribution in [0.5, 0.6) is 0 Å².